The summed E-state index contributed by atoms with van der Waals surface area (Å²) in [6, 6.07) is 7.50. The van der Waals surface area contributed by atoms with Crippen LogP contribution in [0.25, 0.3) is 0 Å². The van der Waals surface area contributed by atoms with Gasteiger partial charge in [-0.3, -0.25) is 4.98 Å². The summed E-state index contributed by atoms with van der Waals surface area (Å²) in [5, 5.41) is 0. The molecule has 0 fully saturated rings. The predicted molar refractivity (Wildman–Crippen MR) is 80.4 cm³/mol. The SMILES string of the molecule is COc1ccc(S(=O)(=O)NC(C)c2ccncc2)cc1N. The minimum absolute atomic E-state index is 0.0988. The lowest BCUT2D eigenvalue weighted by Crippen LogP contribution is -2.27. The molecular formula is C14H17N3O3S. The van der Waals surface area contributed by atoms with E-state index in [1.165, 1.54) is 25.3 Å². The molecule has 1 aromatic heterocycles. The number of rotatable bonds is 5. The van der Waals surface area contributed by atoms with Gasteiger partial charge in [-0.25, -0.2) is 13.1 Å². The van der Waals surface area contributed by atoms with Crippen molar-refractivity contribution < 1.29 is 13.2 Å². The van der Waals surface area contributed by atoms with Crippen molar-refractivity contribution in [3.05, 3.63) is 48.3 Å². The molecule has 3 N–H and O–H groups in total. The summed E-state index contributed by atoms with van der Waals surface area (Å²) in [5.74, 6) is 0.441. The Morgan fingerprint density at radius 3 is 2.48 bits per heavy atom. The fourth-order valence-electron chi connectivity index (χ4n) is 1.90. The molecule has 0 saturated carbocycles. The number of nitrogens with zero attached hydrogens (tertiary/aromatic N) is 1. The van der Waals surface area contributed by atoms with Crippen LogP contribution in [-0.4, -0.2) is 20.5 Å². The average molecular weight is 307 g/mol. The van der Waals surface area contributed by atoms with Crippen molar-refractivity contribution in [1.82, 2.24) is 9.71 Å². The molecule has 2 aromatic rings. The smallest absolute Gasteiger partial charge is 0.241 e. The highest BCUT2D eigenvalue weighted by molar-refractivity contribution is 7.89. The monoisotopic (exact) mass is 307 g/mol. The minimum Gasteiger partial charge on any atom is -0.495 e. The Bertz CT molecular complexity index is 717. The van der Waals surface area contributed by atoms with Gasteiger partial charge in [0.1, 0.15) is 5.75 Å². The average Bonchev–Trinajstić information content (AvgIpc) is 2.47. The summed E-state index contributed by atoms with van der Waals surface area (Å²) in [7, 11) is -2.19. The Hall–Kier alpha value is -2.12. The fraction of sp³-hybridized carbons (Fsp3) is 0.214. The van der Waals surface area contributed by atoms with E-state index in [9.17, 15) is 8.42 Å². The summed E-state index contributed by atoms with van der Waals surface area (Å²) < 4.78 is 32.3. The van der Waals surface area contributed by atoms with E-state index in [0.29, 0.717) is 5.75 Å². The topological polar surface area (TPSA) is 94.3 Å². The second-order valence-corrected chi connectivity index (χ2v) is 6.24. The first-order valence-electron chi connectivity index (χ1n) is 6.30. The van der Waals surface area contributed by atoms with Gasteiger partial charge in [-0.15, -0.1) is 0 Å². The number of anilines is 1. The zero-order valence-corrected chi connectivity index (χ0v) is 12.6. The van der Waals surface area contributed by atoms with Crippen LogP contribution in [0, 0.1) is 0 Å². The number of nitrogen functional groups attached to an aromatic ring is 1. The first kappa shape index (κ1) is 15.3. The highest BCUT2D eigenvalue weighted by atomic mass is 32.2. The lowest BCUT2D eigenvalue weighted by atomic mass is 10.1. The third-order valence-corrected chi connectivity index (χ3v) is 4.59. The van der Waals surface area contributed by atoms with Crippen LogP contribution in [0.1, 0.15) is 18.5 Å². The lowest BCUT2D eigenvalue weighted by Gasteiger charge is -2.15. The van der Waals surface area contributed by atoms with E-state index in [1.807, 2.05) is 0 Å². The minimum atomic E-state index is -3.66. The van der Waals surface area contributed by atoms with E-state index in [2.05, 4.69) is 9.71 Å². The van der Waals surface area contributed by atoms with Crippen LogP contribution < -0.4 is 15.2 Å². The molecule has 1 unspecified atom stereocenters. The number of ether oxygens (including phenoxy) is 1. The number of benzene rings is 1. The van der Waals surface area contributed by atoms with Crippen molar-refractivity contribution in [3.8, 4) is 5.75 Å². The largest absolute Gasteiger partial charge is 0.495 e. The molecule has 0 saturated heterocycles. The van der Waals surface area contributed by atoms with Gasteiger partial charge in [0.2, 0.25) is 10.0 Å². The summed E-state index contributed by atoms with van der Waals surface area (Å²) >= 11 is 0. The molecular weight excluding hydrogens is 290 g/mol. The van der Waals surface area contributed by atoms with E-state index >= 15 is 0 Å². The molecule has 2 rings (SSSR count). The van der Waals surface area contributed by atoms with E-state index in [-0.39, 0.29) is 16.6 Å². The van der Waals surface area contributed by atoms with Crippen LogP contribution in [0.2, 0.25) is 0 Å². The van der Waals surface area contributed by atoms with E-state index in [4.69, 9.17) is 10.5 Å². The number of pyridine rings is 1. The van der Waals surface area contributed by atoms with Crippen molar-refractivity contribution in [2.45, 2.75) is 17.9 Å². The number of aromatic nitrogens is 1. The molecule has 0 aliphatic carbocycles. The predicted octanol–water partition coefficient (Wildman–Crippen LogP) is 1.71. The zero-order valence-electron chi connectivity index (χ0n) is 11.8. The van der Waals surface area contributed by atoms with E-state index in [0.717, 1.165) is 5.56 Å². The van der Waals surface area contributed by atoms with Gasteiger partial charge in [0.15, 0.2) is 0 Å². The van der Waals surface area contributed by atoms with Crippen molar-refractivity contribution >= 4 is 15.7 Å². The number of nitrogens with two attached hydrogens (primary N) is 1. The van der Waals surface area contributed by atoms with Crippen LogP contribution in [0.15, 0.2) is 47.6 Å². The number of methoxy groups -OCH3 is 1. The maximum Gasteiger partial charge on any atom is 0.241 e. The van der Waals surface area contributed by atoms with Gasteiger partial charge in [-0.1, -0.05) is 0 Å². The van der Waals surface area contributed by atoms with Gasteiger partial charge in [0.25, 0.3) is 0 Å². The van der Waals surface area contributed by atoms with Crippen molar-refractivity contribution in [2.75, 3.05) is 12.8 Å². The van der Waals surface area contributed by atoms with Crippen LogP contribution in [0.5, 0.6) is 5.75 Å². The zero-order chi connectivity index (χ0) is 15.5. The lowest BCUT2D eigenvalue weighted by molar-refractivity contribution is 0.416. The molecule has 0 amide bonds. The van der Waals surface area contributed by atoms with Gasteiger partial charge in [-0.2, -0.15) is 0 Å². The third-order valence-electron chi connectivity index (χ3n) is 3.05. The second kappa shape index (κ2) is 6.11. The Kier molecular flexibility index (Phi) is 4.44. The molecule has 0 spiro atoms. The second-order valence-electron chi connectivity index (χ2n) is 4.53. The van der Waals surface area contributed by atoms with E-state index in [1.54, 1.807) is 31.5 Å². The summed E-state index contributed by atoms with van der Waals surface area (Å²) in [6.07, 6.45) is 3.23. The Labute approximate surface area is 124 Å². The summed E-state index contributed by atoms with van der Waals surface area (Å²) in [4.78, 5) is 4.00. The number of hydrogen-bond donors (Lipinski definition) is 2. The van der Waals surface area contributed by atoms with Crippen molar-refractivity contribution in [1.29, 1.82) is 0 Å². The molecule has 0 aliphatic heterocycles. The van der Waals surface area contributed by atoms with Crippen molar-refractivity contribution in [3.63, 3.8) is 0 Å². The maximum absolute atomic E-state index is 12.3. The van der Waals surface area contributed by atoms with Crippen LogP contribution in [-0.2, 0) is 10.0 Å². The number of sulfonamides is 1. The fourth-order valence-corrected chi connectivity index (χ4v) is 3.17. The van der Waals surface area contributed by atoms with Crippen molar-refractivity contribution in [2.24, 2.45) is 0 Å². The molecule has 6 nitrogen and oxygen atoms in total. The first-order chi connectivity index (χ1) is 9.94. The Morgan fingerprint density at radius 2 is 1.90 bits per heavy atom. The van der Waals surface area contributed by atoms with Gasteiger partial charge in [0, 0.05) is 18.4 Å². The number of nitrogens with one attached hydrogen (secondary N) is 1. The highest BCUT2D eigenvalue weighted by Crippen LogP contribution is 2.25. The van der Waals surface area contributed by atoms with Gasteiger partial charge >= 0.3 is 0 Å². The quantitative estimate of drug-likeness (QED) is 0.820. The molecule has 112 valence electrons. The molecule has 1 heterocycles. The standard InChI is InChI=1S/C14H17N3O3S/c1-10(11-5-7-16-8-6-11)17-21(18,19)12-3-4-14(20-2)13(15)9-12/h3-10,17H,15H2,1-2H3. The van der Waals surface area contributed by atoms with Crippen LogP contribution >= 0.6 is 0 Å². The third kappa shape index (κ3) is 3.50. The van der Waals surface area contributed by atoms with E-state index < -0.39 is 10.0 Å². The Morgan fingerprint density at radius 1 is 1.24 bits per heavy atom. The molecule has 0 bridgehead atoms. The molecule has 7 heteroatoms. The van der Waals surface area contributed by atoms with Gasteiger partial charge < -0.3 is 10.5 Å². The van der Waals surface area contributed by atoms with Gasteiger partial charge in [-0.05, 0) is 42.8 Å². The molecule has 1 atom stereocenters. The van der Waals surface area contributed by atoms with Gasteiger partial charge in [0.05, 0.1) is 17.7 Å². The molecule has 0 aliphatic rings. The molecule has 21 heavy (non-hydrogen) atoms. The maximum atomic E-state index is 12.3. The summed E-state index contributed by atoms with van der Waals surface area (Å²) in [5.41, 5.74) is 6.85. The first-order valence-corrected chi connectivity index (χ1v) is 7.78. The van der Waals surface area contributed by atoms with Crippen LogP contribution in [0.4, 0.5) is 5.69 Å². The molecule has 0 radical (unpaired) electrons. The van der Waals surface area contributed by atoms with Crippen LogP contribution in [0.3, 0.4) is 0 Å². The Balaban J connectivity index is 2.24. The molecule has 1 aromatic carbocycles. The highest BCUT2D eigenvalue weighted by Gasteiger charge is 2.19. The summed E-state index contributed by atoms with van der Waals surface area (Å²) in [6.45, 7) is 1.76. The normalized spacial score (nSPS) is 12.9. The number of hydrogen-bond acceptors (Lipinski definition) is 5.